The van der Waals surface area contributed by atoms with E-state index in [2.05, 4.69) is 11.4 Å². The second-order valence-corrected chi connectivity index (χ2v) is 3.58. The summed E-state index contributed by atoms with van der Waals surface area (Å²) in [5.41, 5.74) is 0.950. The molecule has 85 valence electrons. The Bertz CT molecular complexity index is 390. The molecule has 0 fully saturated rings. The van der Waals surface area contributed by atoms with Crippen molar-refractivity contribution < 1.29 is 14.3 Å². The Morgan fingerprint density at radius 2 is 2.31 bits per heavy atom. The molecule has 1 heterocycles. The van der Waals surface area contributed by atoms with Gasteiger partial charge in [-0.1, -0.05) is 6.07 Å². The molecule has 0 saturated carbocycles. The van der Waals surface area contributed by atoms with E-state index >= 15 is 0 Å². The third-order valence-corrected chi connectivity index (χ3v) is 2.33. The van der Waals surface area contributed by atoms with Crippen molar-refractivity contribution in [1.82, 2.24) is 5.32 Å². The Balaban J connectivity index is 2.05. The fourth-order valence-corrected chi connectivity index (χ4v) is 1.62. The maximum absolute atomic E-state index is 10.7. The molecular weight excluding hydrogens is 206 g/mol. The van der Waals surface area contributed by atoms with Crippen molar-refractivity contribution >= 4 is 5.91 Å². The molecule has 1 N–H and O–H groups in total. The molecule has 0 unspecified atom stereocenters. The molecule has 4 heteroatoms. The summed E-state index contributed by atoms with van der Waals surface area (Å²) >= 11 is 0. The van der Waals surface area contributed by atoms with E-state index in [0.717, 1.165) is 17.1 Å². The Morgan fingerprint density at radius 1 is 1.50 bits per heavy atom. The molecule has 1 radical (unpaired) electrons. The van der Waals surface area contributed by atoms with Crippen LogP contribution < -0.4 is 14.8 Å². The lowest BCUT2D eigenvalue weighted by Gasteiger charge is -2.20. The zero-order chi connectivity index (χ0) is 11.4. The molecule has 1 aromatic rings. The molecule has 0 spiro atoms. The highest BCUT2D eigenvalue weighted by atomic mass is 16.6. The van der Waals surface area contributed by atoms with Crippen LogP contribution in [-0.4, -0.2) is 25.7 Å². The Kier molecular flexibility index (Phi) is 3.29. The molecule has 16 heavy (non-hydrogen) atoms. The summed E-state index contributed by atoms with van der Waals surface area (Å²) in [5, 5.41) is 2.75. The lowest BCUT2D eigenvalue weighted by atomic mass is 10.1. The van der Waals surface area contributed by atoms with Gasteiger partial charge in [0.1, 0.15) is 13.2 Å². The largest absolute Gasteiger partial charge is 0.486 e. The van der Waals surface area contributed by atoms with E-state index in [9.17, 15) is 4.79 Å². The van der Waals surface area contributed by atoms with Crippen LogP contribution in [0.1, 0.15) is 12.5 Å². The fraction of sp³-hybridized carbons (Fsp3) is 0.417. The van der Waals surface area contributed by atoms with E-state index in [1.54, 1.807) is 0 Å². The quantitative estimate of drug-likeness (QED) is 0.824. The fourth-order valence-electron chi connectivity index (χ4n) is 1.62. The van der Waals surface area contributed by atoms with Gasteiger partial charge in [-0.05, 0) is 18.6 Å². The van der Waals surface area contributed by atoms with Crippen LogP contribution in [0.3, 0.4) is 0 Å². The maximum atomic E-state index is 10.7. The van der Waals surface area contributed by atoms with E-state index in [0.29, 0.717) is 26.2 Å². The zero-order valence-corrected chi connectivity index (χ0v) is 9.21. The summed E-state index contributed by atoms with van der Waals surface area (Å²) in [5.74, 6) is 1.50. The molecule has 4 nitrogen and oxygen atoms in total. The van der Waals surface area contributed by atoms with Gasteiger partial charge < -0.3 is 14.8 Å². The average molecular weight is 220 g/mol. The van der Waals surface area contributed by atoms with Gasteiger partial charge in [0.25, 0.3) is 0 Å². The summed E-state index contributed by atoms with van der Waals surface area (Å²) in [6.07, 6.45) is 0.701. The third-order valence-electron chi connectivity index (χ3n) is 2.33. The van der Waals surface area contributed by atoms with Gasteiger partial charge >= 0.3 is 0 Å². The van der Waals surface area contributed by atoms with Crippen LogP contribution in [0.2, 0.25) is 0 Å². The molecule has 0 aliphatic carbocycles. The molecule has 0 saturated heterocycles. The monoisotopic (exact) mass is 220 g/mol. The van der Waals surface area contributed by atoms with Crippen LogP contribution in [-0.2, 0) is 11.2 Å². The number of amides is 1. The van der Waals surface area contributed by atoms with Crippen LogP contribution in [0, 0.1) is 6.07 Å². The van der Waals surface area contributed by atoms with Crippen LogP contribution in [0.15, 0.2) is 12.1 Å². The topological polar surface area (TPSA) is 47.6 Å². The first-order valence-corrected chi connectivity index (χ1v) is 5.31. The second kappa shape index (κ2) is 4.88. The molecule has 1 aromatic carbocycles. The first-order valence-electron chi connectivity index (χ1n) is 5.31. The summed E-state index contributed by atoms with van der Waals surface area (Å²) in [4.78, 5) is 10.7. The van der Waals surface area contributed by atoms with Gasteiger partial charge in [0.05, 0.1) is 0 Å². The third kappa shape index (κ3) is 2.45. The van der Waals surface area contributed by atoms with Crippen molar-refractivity contribution in [3.8, 4) is 11.5 Å². The van der Waals surface area contributed by atoms with Crippen molar-refractivity contribution in [2.24, 2.45) is 0 Å². The summed E-state index contributed by atoms with van der Waals surface area (Å²) in [6, 6.07) is 6.77. The number of carbonyl (C=O) groups is 1. The highest BCUT2D eigenvalue weighted by Gasteiger charge is 2.15. The van der Waals surface area contributed by atoms with E-state index in [1.165, 1.54) is 6.92 Å². The number of hydrogen-bond donors (Lipinski definition) is 1. The summed E-state index contributed by atoms with van der Waals surface area (Å²) in [7, 11) is 0. The van der Waals surface area contributed by atoms with Gasteiger partial charge in [0.2, 0.25) is 5.91 Å². The van der Waals surface area contributed by atoms with Gasteiger partial charge in [-0.3, -0.25) is 4.79 Å². The van der Waals surface area contributed by atoms with E-state index < -0.39 is 0 Å². The first-order chi connectivity index (χ1) is 7.77. The standard InChI is InChI=1S/C12H14NO3/c1-9(14)13-6-5-10-3-2-4-11-12(10)16-8-7-15-11/h2,4H,5-8H2,1H3,(H,13,14). The van der Waals surface area contributed by atoms with Crippen molar-refractivity contribution in [3.05, 3.63) is 23.8 Å². The van der Waals surface area contributed by atoms with Crippen LogP contribution >= 0.6 is 0 Å². The predicted molar refractivity (Wildman–Crippen MR) is 58.7 cm³/mol. The number of ether oxygens (including phenoxy) is 2. The molecule has 0 atom stereocenters. The minimum Gasteiger partial charge on any atom is -0.486 e. The van der Waals surface area contributed by atoms with Gasteiger partial charge in [0, 0.05) is 19.0 Å². The Morgan fingerprint density at radius 3 is 3.12 bits per heavy atom. The number of carbonyl (C=O) groups excluding carboxylic acids is 1. The van der Waals surface area contributed by atoms with Crippen molar-refractivity contribution in [1.29, 1.82) is 0 Å². The molecule has 1 aliphatic heterocycles. The van der Waals surface area contributed by atoms with Crippen molar-refractivity contribution in [2.45, 2.75) is 13.3 Å². The highest BCUT2D eigenvalue weighted by Crippen LogP contribution is 2.33. The number of rotatable bonds is 3. The van der Waals surface area contributed by atoms with E-state index in [4.69, 9.17) is 9.47 Å². The molecule has 1 amide bonds. The molecule has 0 bridgehead atoms. The van der Waals surface area contributed by atoms with Crippen LogP contribution in [0.25, 0.3) is 0 Å². The lowest BCUT2D eigenvalue weighted by molar-refractivity contribution is -0.118. The minimum absolute atomic E-state index is 0.0260. The Labute approximate surface area is 94.6 Å². The van der Waals surface area contributed by atoms with Crippen molar-refractivity contribution in [2.75, 3.05) is 19.8 Å². The average Bonchev–Trinajstić information content (AvgIpc) is 2.29. The van der Waals surface area contributed by atoms with Crippen molar-refractivity contribution in [3.63, 3.8) is 0 Å². The highest BCUT2D eigenvalue weighted by molar-refractivity contribution is 5.72. The van der Waals surface area contributed by atoms with E-state index in [-0.39, 0.29) is 5.91 Å². The SMILES string of the molecule is CC(=O)NCCc1[c]ccc2c1OCCO2. The molecule has 1 aliphatic rings. The lowest BCUT2D eigenvalue weighted by Crippen LogP contribution is -2.23. The Hall–Kier alpha value is -1.71. The zero-order valence-electron chi connectivity index (χ0n) is 9.21. The van der Waals surface area contributed by atoms with Gasteiger partial charge in [0.15, 0.2) is 11.5 Å². The van der Waals surface area contributed by atoms with Crippen LogP contribution in [0.4, 0.5) is 0 Å². The van der Waals surface area contributed by atoms with E-state index in [1.807, 2.05) is 12.1 Å². The molecular formula is C12H14NO3. The minimum atomic E-state index is -0.0260. The number of fused-ring (bicyclic) bond motifs is 1. The van der Waals surface area contributed by atoms with Gasteiger partial charge in [-0.2, -0.15) is 0 Å². The first kappa shape index (κ1) is 10.8. The maximum Gasteiger partial charge on any atom is 0.216 e. The summed E-state index contributed by atoms with van der Waals surface area (Å²) in [6.45, 7) is 3.25. The number of hydrogen-bond acceptors (Lipinski definition) is 3. The van der Waals surface area contributed by atoms with Gasteiger partial charge in [-0.15, -0.1) is 0 Å². The second-order valence-electron chi connectivity index (χ2n) is 3.58. The number of benzene rings is 1. The number of nitrogens with one attached hydrogen (secondary N) is 1. The molecule has 2 rings (SSSR count). The smallest absolute Gasteiger partial charge is 0.216 e. The molecule has 0 aromatic heterocycles. The normalized spacial score (nSPS) is 13.3. The summed E-state index contributed by atoms with van der Waals surface area (Å²) < 4.78 is 11.0. The predicted octanol–water partition coefficient (Wildman–Crippen LogP) is 0.937. The van der Waals surface area contributed by atoms with Crippen LogP contribution in [0.5, 0.6) is 11.5 Å². The van der Waals surface area contributed by atoms with Gasteiger partial charge in [-0.25, -0.2) is 0 Å².